The maximum absolute atomic E-state index is 13.5. The molecular weight excluding hydrogens is 426 g/mol. The van der Waals surface area contributed by atoms with Crippen LogP contribution in [0.1, 0.15) is 35.2 Å². The van der Waals surface area contributed by atoms with Gasteiger partial charge >= 0.3 is 0 Å². The molecule has 0 bridgehead atoms. The van der Waals surface area contributed by atoms with Gasteiger partial charge in [0, 0.05) is 54.1 Å². The third kappa shape index (κ3) is 4.46. The Hall–Kier alpha value is -2.99. The fourth-order valence-electron chi connectivity index (χ4n) is 4.69. The molecule has 6 nitrogen and oxygen atoms in total. The molecule has 4 rings (SSSR count). The van der Waals surface area contributed by atoms with Gasteiger partial charge < -0.3 is 19.9 Å². The molecule has 2 N–H and O–H groups in total. The van der Waals surface area contributed by atoms with Gasteiger partial charge in [-0.15, -0.1) is 0 Å². The number of aromatic nitrogens is 1. The number of carbonyl (C=O) groups is 2. The fraction of sp³-hybridized carbons (Fsp3) is 0.360. The summed E-state index contributed by atoms with van der Waals surface area (Å²) in [5.41, 5.74) is 7.69. The topological polar surface area (TPSA) is 77.6 Å². The number of hydrogen-bond acceptors (Lipinski definition) is 3. The quantitative estimate of drug-likeness (QED) is 0.603. The lowest BCUT2D eigenvalue weighted by molar-refractivity contribution is -0.122. The zero-order valence-corrected chi connectivity index (χ0v) is 19.2. The lowest BCUT2D eigenvalue weighted by atomic mass is 9.77. The van der Waals surface area contributed by atoms with Crippen LogP contribution in [-0.2, 0) is 11.8 Å². The lowest BCUT2D eigenvalue weighted by Gasteiger charge is -2.42. The van der Waals surface area contributed by atoms with E-state index in [4.69, 9.17) is 22.1 Å². The molecule has 3 aromatic rings. The van der Waals surface area contributed by atoms with Crippen molar-refractivity contribution in [1.29, 1.82) is 0 Å². The van der Waals surface area contributed by atoms with Crippen LogP contribution in [0.25, 0.3) is 10.9 Å². The second-order valence-corrected chi connectivity index (χ2v) is 9.25. The van der Waals surface area contributed by atoms with Crippen LogP contribution >= 0.6 is 11.6 Å². The molecule has 1 atom stereocenters. The summed E-state index contributed by atoms with van der Waals surface area (Å²) in [7, 11) is 1.94. The number of likely N-dealkylation sites (tertiary alicyclic amines) is 1. The zero-order chi connectivity index (χ0) is 22.9. The van der Waals surface area contributed by atoms with Crippen molar-refractivity contribution < 1.29 is 14.3 Å². The first-order chi connectivity index (χ1) is 15.3. The number of aryl methyl sites for hydroxylation is 2. The van der Waals surface area contributed by atoms with Gasteiger partial charge in [-0.05, 0) is 49.6 Å². The Balaban J connectivity index is 1.57. The summed E-state index contributed by atoms with van der Waals surface area (Å²) in [6.45, 7) is 3.28. The smallest absolute Gasteiger partial charge is 0.256 e. The highest BCUT2D eigenvalue weighted by molar-refractivity contribution is 6.31. The van der Waals surface area contributed by atoms with Crippen LogP contribution in [0, 0.1) is 12.3 Å². The van der Waals surface area contributed by atoms with Crippen LogP contribution in [-0.4, -0.2) is 41.0 Å². The molecule has 0 radical (unpaired) electrons. The minimum absolute atomic E-state index is 0.0299. The van der Waals surface area contributed by atoms with Crippen LogP contribution < -0.4 is 10.5 Å². The normalized spacial score (nSPS) is 18.7. The minimum atomic E-state index is -0.530. The van der Waals surface area contributed by atoms with E-state index >= 15 is 0 Å². The van der Waals surface area contributed by atoms with Gasteiger partial charge in [0.05, 0.1) is 12.2 Å². The molecule has 1 aliphatic rings. The Morgan fingerprint density at radius 3 is 2.75 bits per heavy atom. The Bertz CT molecular complexity index is 1170. The first-order valence-corrected chi connectivity index (χ1v) is 11.2. The maximum Gasteiger partial charge on any atom is 0.256 e. The highest BCUT2D eigenvalue weighted by atomic mass is 35.5. The summed E-state index contributed by atoms with van der Waals surface area (Å²) in [6.07, 6.45) is 3.60. The van der Waals surface area contributed by atoms with Gasteiger partial charge in [-0.25, -0.2) is 0 Å². The number of fused-ring (bicyclic) bond motifs is 1. The number of ether oxygens (including phenoxy) is 1. The summed E-state index contributed by atoms with van der Waals surface area (Å²) in [5, 5.41) is 1.60. The van der Waals surface area contributed by atoms with E-state index in [1.54, 1.807) is 6.07 Å². The van der Waals surface area contributed by atoms with Crippen molar-refractivity contribution in [3.63, 3.8) is 0 Å². The minimum Gasteiger partial charge on any atom is -0.493 e. The van der Waals surface area contributed by atoms with Gasteiger partial charge in [-0.3, -0.25) is 9.59 Å². The summed E-state index contributed by atoms with van der Waals surface area (Å²) in [6, 6.07) is 13.4. The van der Waals surface area contributed by atoms with Gasteiger partial charge in [-0.2, -0.15) is 0 Å². The first-order valence-electron chi connectivity index (χ1n) is 10.8. The van der Waals surface area contributed by atoms with E-state index in [0.29, 0.717) is 36.0 Å². The molecule has 0 unspecified atom stereocenters. The number of hydrogen-bond donors (Lipinski definition) is 1. The van der Waals surface area contributed by atoms with Crippen LogP contribution in [0.3, 0.4) is 0 Å². The van der Waals surface area contributed by atoms with Crippen molar-refractivity contribution in [3.8, 4) is 5.75 Å². The molecule has 0 spiro atoms. The molecular formula is C25H28ClN3O3. The van der Waals surface area contributed by atoms with Crippen molar-refractivity contribution in [2.45, 2.75) is 26.2 Å². The van der Waals surface area contributed by atoms with E-state index in [9.17, 15) is 9.59 Å². The van der Waals surface area contributed by atoms with Crippen molar-refractivity contribution >= 4 is 34.3 Å². The number of nitrogens with zero attached hydrogens (tertiary/aromatic N) is 2. The molecule has 0 saturated carbocycles. The monoisotopic (exact) mass is 453 g/mol. The van der Waals surface area contributed by atoms with Crippen LogP contribution in [0.2, 0.25) is 5.02 Å². The molecule has 2 heterocycles. The van der Waals surface area contributed by atoms with E-state index in [2.05, 4.69) is 0 Å². The average Bonchev–Trinajstić information content (AvgIpc) is 3.10. The number of nitrogens with two attached hydrogens (primary N) is 1. The maximum atomic E-state index is 13.5. The number of amides is 2. The summed E-state index contributed by atoms with van der Waals surface area (Å²) < 4.78 is 8.05. The number of para-hydroxylation sites is 1. The third-order valence-electron chi connectivity index (χ3n) is 6.30. The fourth-order valence-corrected chi connectivity index (χ4v) is 4.81. The van der Waals surface area contributed by atoms with Gasteiger partial charge in [0.1, 0.15) is 5.75 Å². The largest absolute Gasteiger partial charge is 0.493 e. The van der Waals surface area contributed by atoms with Gasteiger partial charge in [-0.1, -0.05) is 29.8 Å². The molecule has 2 amide bonds. The highest BCUT2D eigenvalue weighted by Crippen LogP contribution is 2.36. The predicted octanol–water partition coefficient (Wildman–Crippen LogP) is 4.32. The number of carbonyl (C=O) groups excluding carboxylic acids is 2. The zero-order valence-electron chi connectivity index (χ0n) is 18.4. The van der Waals surface area contributed by atoms with Crippen LogP contribution in [0.5, 0.6) is 5.75 Å². The van der Waals surface area contributed by atoms with E-state index < -0.39 is 5.41 Å². The summed E-state index contributed by atoms with van der Waals surface area (Å²) >= 11 is 6.12. The molecule has 168 valence electrons. The molecule has 2 aromatic carbocycles. The number of halogens is 1. The average molecular weight is 454 g/mol. The second kappa shape index (κ2) is 8.87. The van der Waals surface area contributed by atoms with Gasteiger partial charge in [0.15, 0.2) is 0 Å². The highest BCUT2D eigenvalue weighted by Gasteiger charge is 2.40. The van der Waals surface area contributed by atoms with E-state index in [1.807, 2.05) is 66.0 Å². The molecule has 1 aromatic heterocycles. The van der Waals surface area contributed by atoms with Crippen LogP contribution in [0.15, 0.2) is 48.7 Å². The van der Waals surface area contributed by atoms with Crippen molar-refractivity contribution in [1.82, 2.24) is 9.47 Å². The van der Waals surface area contributed by atoms with Crippen molar-refractivity contribution in [3.05, 3.63) is 64.8 Å². The van der Waals surface area contributed by atoms with Gasteiger partial charge in [0.25, 0.3) is 5.91 Å². The number of rotatable bonds is 6. The molecule has 1 aliphatic heterocycles. The first kappa shape index (κ1) is 22.2. The van der Waals surface area contributed by atoms with E-state index in [-0.39, 0.29) is 18.2 Å². The Kier molecular flexibility index (Phi) is 6.15. The predicted molar refractivity (Wildman–Crippen MR) is 126 cm³/mol. The number of primary amides is 1. The molecule has 1 fully saturated rings. The Labute approximate surface area is 192 Å². The number of benzene rings is 2. The molecule has 7 heteroatoms. The van der Waals surface area contributed by atoms with Gasteiger partial charge in [0.2, 0.25) is 5.91 Å². The molecule has 32 heavy (non-hydrogen) atoms. The lowest BCUT2D eigenvalue weighted by Crippen LogP contribution is -2.50. The second-order valence-electron chi connectivity index (χ2n) is 8.84. The Morgan fingerprint density at radius 1 is 1.22 bits per heavy atom. The Morgan fingerprint density at radius 2 is 2.00 bits per heavy atom. The van der Waals surface area contributed by atoms with Crippen LogP contribution in [0.4, 0.5) is 0 Å². The molecule has 0 aliphatic carbocycles. The van der Waals surface area contributed by atoms with E-state index in [1.165, 1.54) is 0 Å². The number of piperidine rings is 1. The summed E-state index contributed by atoms with van der Waals surface area (Å²) in [4.78, 5) is 27.3. The molecule has 1 saturated heterocycles. The van der Waals surface area contributed by atoms with E-state index in [0.717, 1.165) is 29.3 Å². The summed E-state index contributed by atoms with van der Waals surface area (Å²) in [5.74, 6) is 0.270. The van der Waals surface area contributed by atoms with Crippen molar-refractivity contribution in [2.24, 2.45) is 18.2 Å². The van der Waals surface area contributed by atoms with Crippen molar-refractivity contribution in [2.75, 3.05) is 19.7 Å². The standard InChI is InChI=1S/C25H28ClN3O3/c1-17-12-18(8-9-21(17)26)32-16-25(13-23(27)30)10-5-11-29(15-25)24(31)20-14-28(2)22-7-4-3-6-19(20)22/h3-4,6-9,12,14H,5,10-11,13,15-16H2,1-2H3,(H2,27,30)/t25-/m1/s1. The SMILES string of the molecule is Cc1cc(OC[C@@]2(CC(N)=O)CCCN(C(=O)c3cn(C)c4ccccc34)C2)ccc1Cl. The third-order valence-corrected chi connectivity index (χ3v) is 6.72.